The molecule has 0 aromatic carbocycles. The average Bonchev–Trinajstić information content (AvgIpc) is 2.09. The van der Waals surface area contributed by atoms with Crippen LogP contribution in [0.5, 0.6) is 0 Å². The van der Waals surface area contributed by atoms with Gasteiger partial charge in [-0.15, -0.1) is 0 Å². The summed E-state index contributed by atoms with van der Waals surface area (Å²) in [6.07, 6.45) is -3.11. The van der Waals surface area contributed by atoms with E-state index in [9.17, 15) is 9.18 Å². The summed E-state index contributed by atoms with van der Waals surface area (Å²) in [6, 6.07) is 0. The number of hydrogen-bond acceptors (Lipinski definition) is 3. The maximum atomic E-state index is 12.4. The standard InChI is InChI=1S/C5H4FNO3/c1-5(7-2)3(6)9-4(8)10-5/h3H,1H3. The van der Waals surface area contributed by atoms with Gasteiger partial charge in [-0.1, -0.05) is 0 Å². The summed E-state index contributed by atoms with van der Waals surface area (Å²) in [5, 5.41) is 0. The van der Waals surface area contributed by atoms with E-state index < -0.39 is 18.2 Å². The Morgan fingerprint density at radius 3 is 2.70 bits per heavy atom. The number of halogens is 1. The van der Waals surface area contributed by atoms with Gasteiger partial charge in [0.05, 0.1) is 6.92 Å². The molecule has 0 radical (unpaired) electrons. The number of carbonyl (C=O) groups excluding carboxylic acids is 1. The van der Waals surface area contributed by atoms with Gasteiger partial charge < -0.3 is 9.47 Å². The van der Waals surface area contributed by atoms with Gasteiger partial charge in [0, 0.05) is 0 Å². The van der Waals surface area contributed by atoms with Crippen LogP contribution in [0.25, 0.3) is 4.85 Å². The molecule has 5 heteroatoms. The van der Waals surface area contributed by atoms with Gasteiger partial charge in [0.15, 0.2) is 0 Å². The lowest BCUT2D eigenvalue weighted by atomic mass is 10.3. The predicted molar refractivity (Wildman–Crippen MR) is 27.5 cm³/mol. The topological polar surface area (TPSA) is 39.9 Å². The van der Waals surface area contributed by atoms with Crippen LogP contribution < -0.4 is 0 Å². The number of ether oxygens (including phenoxy) is 2. The van der Waals surface area contributed by atoms with Crippen molar-refractivity contribution in [2.24, 2.45) is 0 Å². The maximum absolute atomic E-state index is 12.4. The molecule has 0 aromatic heterocycles. The van der Waals surface area contributed by atoms with E-state index in [1.807, 2.05) is 0 Å². The molecule has 4 nitrogen and oxygen atoms in total. The molecule has 1 fully saturated rings. The van der Waals surface area contributed by atoms with Crippen LogP contribution in [-0.2, 0) is 9.47 Å². The molecule has 1 heterocycles. The zero-order valence-electron chi connectivity index (χ0n) is 5.13. The Morgan fingerprint density at radius 1 is 1.90 bits per heavy atom. The van der Waals surface area contributed by atoms with Gasteiger partial charge >= 0.3 is 18.2 Å². The molecule has 1 aliphatic rings. The van der Waals surface area contributed by atoms with Crippen LogP contribution in [0.15, 0.2) is 0 Å². The van der Waals surface area contributed by atoms with Crippen molar-refractivity contribution in [1.29, 1.82) is 0 Å². The Labute approximate surface area is 56.3 Å². The molecule has 2 unspecified atom stereocenters. The molecule has 1 aliphatic heterocycles. The van der Waals surface area contributed by atoms with Crippen LogP contribution in [0.3, 0.4) is 0 Å². The lowest BCUT2D eigenvalue weighted by Gasteiger charge is -2.05. The summed E-state index contributed by atoms with van der Waals surface area (Å²) < 4.78 is 20.6. The molecule has 0 aromatic rings. The molecule has 0 spiro atoms. The maximum Gasteiger partial charge on any atom is 0.517 e. The fraction of sp³-hybridized carbons (Fsp3) is 0.600. The summed E-state index contributed by atoms with van der Waals surface area (Å²) in [7, 11) is 0. The highest BCUT2D eigenvalue weighted by atomic mass is 19.1. The third-order valence-electron chi connectivity index (χ3n) is 1.13. The summed E-state index contributed by atoms with van der Waals surface area (Å²) in [5.41, 5.74) is -1.78. The molecule has 54 valence electrons. The number of alkyl halides is 1. The minimum atomic E-state index is -1.97. The minimum absolute atomic E-state index is 1.13. The van der Waals surface area contributed by atoms with E-state index in [-0.39, 0.29) is 0 Å². The Hall–Kier alpha value is -1.31. The SMILES string of the molecule is [C-]#[N+]C1(C)OC(=O)OC1F. The second-order valence-corrected chi connectivity index (χ2v) is 1.95. The zero-order valence-corrected chi connectivity index (χ0v) is 5.13. The fourth-order valence-electron chi connectivity index (χ4n) is 0.506. The Bertz CT molecular complexity index is 211. The summed E-state index contributed by atoms with van der Waals surface area (Å²) in [4.78, 5) is 13.0. The van der Waals surface area contributed by atoms with Gasteiger partial charge in [0.2, 0.25) is 0 Å². The quantitative estimate of drug-likeness (QED) is 0.378. The number of rotatable bonds is 0. The van der Waals surface area contributed by atoms with Crippen molar-refractivity contribution in [2.75, 3.05) is 0 Å². The zero-order chi connectivity index (χ0) is 7.78. The summed E-state index contributed by atoms with van der Waals surface area (Å²) in [6.45, 7) is 7.59. The monoisotopic (exact) mass is 145 g/mol. The van der Waals surface area contributed by atoms with E-state index >= 15 is 0 Å². The van der Waals surface area contributed by atoms with Crippen molar-refractivity contribution in [3.8, 4) is 0 Å². The van der Waals surface area contributed by atoms with Crippen molar-refractivity contribution in [2.45, 2.75) is 19.0 Å². The molecule has 0 bridgehead atoms. The first-order valence-electron chi connectivity index (χ1n) is 2.51. The summed E-state index contributed by atoms with van der Waals surface area (Å²) >= 11 is 0. The van der Waals surface area contributed by atoms with E-state index in [0.29, 0.717) is 0 Å². The van der Waals surface area contributed by atoms with Crippen LogP contribution in [0.1, 0.15) is 6.92 Å². The van der Waals surface area contributed by atoms with Crippen LogP contribution in [0.4, 0.5) is 9.18 Å². The Kier molecular flexibility index (Phi) is 1.25. The molecule has 10 heavy (non-hydrogen) atoms. The molecule has 0 saturated carbocycles. The fourth-order valence-corrected chi connectivity index (χ4v) is 0.506. The second-order valence-electron chi connectivity index (χ2n) is 1.95. The number of carbonyl (C=O) groups is 1. The van der Waals surface area contributed by atoms with Crippen molar-refractivity contribution in [3.63, 3.8) is 0 Å². The van der Waals surface area contributed by atoms with Crippen molar-refractivity contribution >= 4 is 6.16 Å². The third-order valence-corrected chi connectivity index (χ3v) is 1.13. The third kappa shape index (κ3) is 0.778. The van der Waals surface area contributed by atoms with Crippen LogP contribution in [0, 0.1) is 6.57 Å². The first kappa shape index (κ1) is 6.81. The minimum Gasteiger partial charge on any atom is -0.386 e. The van der Waals surface area contributed by atoms with Crippen LogP contribution >= 0.6 is 0 Å². The van der Waals surface area contributed by atoms with E-state index in [0.717, 1.165) is 6.92 Å². The van der Waals surface area contributed by atoms with Gasteiger partial charge in [0.25, 0.3) is 0 Å². The van der Waals surface area contributed by atoms with Crippen molar-refractivity contribution in [1.82, 2.24) is 0 Å². The highest BCUT2D eigenvalue weighted by molar-refractivity contribution is 5.63. The first-order valence-corrected chi connectivity index (χ1v) is 2.51. The normalized spacial score (nSPS) is 38.1. The van der Waals surface area contributed by atoms with E-state index in [4.69, 9.17) is 6.57 Å². The average molecular weight is 145 g/mol. The van der Waals surface area contributed by atoms with Crippen molar-refractivity contribution in [3.05, 3.63) is 11.4 Å². The molecular weight excluding hydrogens is 141 g/mol. The van der Waals surface area contributed by atoms with E-state index in [2.05, 4.69) is 14.3 Å². The van der Waals surface area contributed by atoms with Gasteiger partial charge in [-0.3, -0.25) is 4.85 Å². The number of cyclic esters (lactones) is 2. The molecule has 0 amide bonds. The molecular formula is C5H4FNO3. The van der Waals surface area contributed by atoms with Gasteiger partial charge in [-0.2, -0.15) is 4.39 Å². The largest absolute Gasteiger partial charge is 0.517 e. The number of hydrogen-bond donors (Lipinski definition) is 0. The Balaban J connectivity index is 2.83. The lowest BCUT2D eigenvalue weighted by Crippen LogP contribution is -2.28. The molecule has 0 aliphatic carbocycles. The molecule has 1 rings (SSSR count). The van der Waals surface area contributed by atoms with Gasteiger partial charge in [-0.05, 0) is 0 Å². The van der Waals surface area contributed by atoms with Crippen LogP contribution in [0.2, 0.25) is 0 Å². The Morgan fingerprint density at radius 2 is 2.50 bits per heavy atom. The molecule has 1 saturated heterocycles. The highest BCUT2D eigenvalue weighted by Crippen LogP contribution is 2.28. The first-order chi connectivity index (χ1) is 4.58. The number of nitrogens with zero attached hydrogens (tertiary/aromatic N) is 1. The van der Waals surface area contributed by atoms with Crippen molar-refractivity contribution < 1.29 is 18.7 Å². The van der Waals surface area contributed by atoms with Gasteiger partial charge in [0.1, 0.15) is 0 Å². The highest BCUT2D eigenvalue weighted by Gasteiger charge is 2.55. The molecule has 0 N–H and O–H groups in total. The smallest absolute Gasteiger partial charge is 0.386 e. The molecule has 2 atom stereocenters. The van der Waals surface area contributed by atoms with Crippen LogP contribution in [-0.4, -0.2) is 18.2 Å². The lowest BCUT2D eigenvalue weighted by molar-refractivity contribution is -0.000679. The van der Waals surface area contributed by atoms with E-state index in [1.165, 1.54) is 0 Å². The second kappa shape index (κ2) is 1.84. The summed E-state index contributed by atoms with van der Waals surface area (Å²) in [5.74, 6) is 0. The van der Waals surface area contributed by atoms with Gasteiger partial charge in [-0.25, -0.2) is 11.4 Å². The van der Waals surface area contributed by atoms with E-state index in [1.54, 1.807) is 0 Å². The predicted octanol–water partition coefficient (Wildman–Crippen LogP) is 1.08.